The van der Waals surface area contributed by atoms with Gasteiger partial charge in [0.25, 0.3) is 5.91 Å². The van der Waals surface area contributed by atoms with Gasteiger partial charge in [-0.3, -0.25) is 14.7 Å². The van der Waals surface area contributed by atoms with Crippen molar-refractivity contribution in [3.05, 3.63) is 106 Å². The SMILES string of the molecule is CCC(OC(=O)c1c2c(nc3ccccc13)CCN(Cc1ccccc1)C2)C(=O)Nc1ccc(C)c(Cl)c1. The van der Waals surface area contributed by atoms with Gasteiger partial charge in [0.1, 0.15) is 0 Å². The van der Waals surface area contributed by atoms with Gasteiger partial charge in [0.15, 0.2) is 6.10 Å². The molecular formula is C31H30ClN3O3. The summed E-state index contributed by atoms with van der Waals surface area (Å²) < 4.78 is 5.87. The molecule has 38 heavy (non-hydrogen) atoms. The van der Waals surface area contributed by atoms with E-state index in [1.807, 2.05) is 62.4 Å². The summed E-state index contributed by atoms with van der Waals surface area (Å²) in [5, 5.41) is 4.12. The molecule has 1 N–H and O–H groups in total. The number of pyridine rings is 1. The number of halogens is 1. The molecule has 3 aromatic carbocycles. The lowest BCUT2D eigenvalue weighted by Gasteiger charge is -2.30. The summed E-state index contributed by atoms with van der Waals surface area (Å²) in [4.78, 5) is 34.0. The Morgan fingerprint density at radius 1 is 1.08 bits per heavy atom. The highest BCUT2D eigenvalue weighted by Gasteiger charge is 2.29. The molecule has 0 spiro atoms. The number of aryl methyl sites for hydroxylation is 1. The number of hydrogen-bond acceptors (Lipinski definition) is 5. The second kappa shape index (κ2) is 11.3. The van der Waals surface area contributed by atoms with Crippen LogP contribution in [0.3, 0.4) is 0 Å². The van der Waals surface area contributed by atoms with E-state index in [1.165, 1.54) is 5.56 Å². The molecule has 1 aromatic heterocycles. The summed E-state index contributed by atoms with van der Waals surface area (Å²) in [6.45, 7) is 5.92. The molecule has 1 unspecified atom stereocenters. The lowest BCUT2D eigenvalue weighted by molar-refractivity contribution is -0.124. The maximum Gasteiger partial charge on any atom is 0.340 e. The smallest absolute Gasteiger partial charge is 0.340 e. The van der Waals surface area contributed by atoms with Gasteiger partial charge in [-0.1, -0.05) is 73.1 Å². The van der Waals surface area contributed by atoms with Crippen LogP contribution in [0.25, 0.3) is 10.9 Å². The minimum Gasteiger partial charge on any atom is -0.449 e. The molecule has 0 saturated heterocycles. The normalized spacial score (nSPS) is 14.1. The van der Waals surface area contributed by atoms with Crippen molar-refractivity contribution in [2.45, 2.75) is 45.9 Å². The number of amides is 1. The number of nitrogens with zero attached hydrogens (tertiary/aromatic N) is 2. The minimum absolute atomic E-state index is 0.336. The van der Waals surface area contributed by atoms with Crippen LogP contribution in [0.15, 0.2) is 72.8 Å². The van der Waals surface area contributed by atoms with Crippen LogP contribution in [0.1, 0.15) is 46.1 Å². The fraction of sp³-hybridized carbons (Fsp3) is 0.258. The molecular weight excluding hydrogens is 498 g/mol. The van der Waals surface area contributed by atoms with Crippen molar-refractivity contribution in [2.24, 2.45) is 0 Å². The summed E-state index contributed by atoms with van der Waals surface area (Å²) >= 11 is 6.21. The summed E-state index contributed by atoms with van der Waals surface area (Å²) in [5.74, 6) is -0.899. The largest absolute Gasteiger partial charge is 0.449 e. The second-order valence-electron chi connectivity index (χ2n) is 9.63. The van der Waals surface area contributed by atoms with E-state index < -0.39 is 18.0 Å². The number of aromatic nitrogens is 1. The first-order valence-corrected chi connectivity index (χ1v) is 13.3. The number of carbonyl (C=O) groups is 2. The highest BCUT2D eigenvalue weighted by Crippen LogP contribution is 2.30. The Morgan fingerprint density at radius 2 is 1.84 bits per heavy atom. The highest BCUT2D eigenvalue weighted by atomic mass is 35.5. The molecule has 5 rings (SSSR count). The number of fused-ring (bicyclic) bond motifs is 2. The highest BCUT2D eigenvalue weighted by molar-refractivity contribution is 6.31. The number of carbonyl (C=O) groups excluding carboxylic acids is 2. The maximum atomic E-state index is 13.8. The van der Waals surface area contributed by atoms with Crippen molar-refractivity contribution >= 4 is 40.1 Å². The molecule has 6 nitrogen and oxygen atoms in total. The molecule has 2 heterocycles. The number of benzene rings is 3. The zero-order valence-electron chi connectivity index (χ0n) is 21.5. The van der Waals surface area contributed by atoms with E-state index in [0.29, 0.717) is 29.2 Å². The zero-order chi connectivity index (χ0) is 26.6. The van der Waals surface area contributed by atoms with E-state index in [-0.39, 0.29) is 0 Å². The first-order valence-electron chi connectivity index (χ1n) is 12.9. The standard InChI is InChI=1S/C31H30ClN3O3/c1-3-28(30(36)33-22-14-13-20(2)25(32)17-22)38-31(37)29-23-11-7-8-12-26(23)34-27-15-16-35(19-24(27)29)18-21-9-5-4-6-10-21/h4-14,17,28H,3,15-16,18-19H2,1-2H3,(H,33,36). The van der Waals surface area contributed by atoms with Gasteiger partial charge in [-0.15, -0.1) is 0 Å². The zero-order valence-corrected chi connectivity index (χ0v) is 22.3. The predicted molar refractivity (Wildman–Crippen MR) is 150 cm³/mol. The molecule has 1 aliphatic heterocycles. The third-order valence-electron chi connectivity index (χ3n) is 6.93. The molecule has 0 radical (unpaired) electrons. The van der Waals surface area contributed by atoms with Crippen molar-refractivity contribution in [1.82, 2.24) is 9.88 Å². The molecule has 0 saturated carbocycles. The Bertz CT molecular complexity index is 1490. The summed E-state index contributed by atoms with van der Waals surface area (Å²) in [6.07, 6.45) is 0.121. The predicted octanol–water partition coefficient (Wildman–Crippen LogP) is 6.33. The fourth-order valence-corrected chi connectivity index (χ4v) is 5.04. The number of para-hydroxylation sites is 1. The van der Waals surface area contributed by atoms with Crippen molar-refractivity contribution in [1.29, 1.82) is 0 Å². The van der Waals surface area contributed by atoms with Crippen molar-refractivity contribution in [3.8, 4) is 0 Å². The van der Waals surface area contributed by atoms with Gasteiger partial charge < -0.3 is 10.1 Å². The molecule has 7 heteroatoms. The molecule has 1 atom stereocenters. The van der Waals surface area contributed by atoms with E-state index in [2.05, 4.69) is 22.3 Å². The first kappa shape index (κ1) is 25.9. The topological polar surface area (TPSA) is 71.5 Å². The maximum absolute atomic E-state index is 13.8. The molecule has 0 fully saturated rings. The Balaban J connectivity index is 1.42. The van der Waals surface area contributed by atoms with Crippen LogP contribution in [0.2, 0.25) is 5.02 Å². The number of nitrogens with one attached hydrogen (secondary N) is 1. The third kappa shape index (κ3) is 5.57. The van der Waals surface area contributed by atoms with E-state index in [0.717, 1.165) is 47.2 Å². The van der Waals surface area contributed by atoms with Crippen LogP contribution in [-0.2, 0) is 29.0 Å². The number of anilines is 1. The van der Waals surface area contributed by atoms with Crippen LogP contribution in [0, 0.1) is 6.92 Å². The van der Waals surface area contributed by atoms with E-state index in [1.54, 1.807) is 12.1 Å². The van der Waals surface area contributed by atoms with Gasteiger partial charge in [-0.05, 0) is 42.7 Å². The summed E-state index contributed by atoms with van der Waals surface area (Å²) in [5.41, 5.74) is 5.72. The van der Waals surface area contributed by atoms with E-state index in [9.17, 15) is 9.59 Å². The number of hydrogen-bond donors (Lipinski definition) is 1. The van der Waals surface area contributed by atoms with Crippen molar-refractivity contribution < 1.29 is 14.3 Å². The Morgan fingerprint density at radius 3 is 2.61 bits per heavy atom. The third-order valence-corrected chi connectivity index (χ3v) is 7.34. The van der Waals surface area contributed by atoms with Crippen molar-refractivity contribution in [2.75, 3.05) is 11.9 Å². The minimum atomic E-state index is -0.950. The van der Waals surface area contributed by atoms with Crippen LogP contribution in [-0.4, -0.2) is 34.4 Å². The quantitative estimate of drug-likeness (QED) is 0.284. The fourth-order valence-electron chi connectivity index (χ4n) is 4.86. The van der Waals surface area contributed by atoms with Crippen LogP contribution in [0.4, 0.5) is 5.69 Å². The Kier molecular flexibility index (Phi) is 7.72. The molecule has 1 amide bonds. The Labute approximate surface area is 227 Å². The van der Waals surface area contributed by atoms with Gasteiger partial charge >= 0.3 is 5.97 Å². The molecule has 0 aliphatic carbocycles. The average Bonchev–Trinajstić information content (AvgIpc) is 2.92. The molecule has 4 aromatic rings. The summed E-state index contributed by atoms with van der Waals surface area (Å²) in [6, 6.07) is 23.2. The van der Waals surface area contributed by atoms with Crippen LogP contribution >= 0.6 is 11.6 Å². The second-order valence-corrected chi connectivity index (χ2v) is 10.0. The van der Waals surface area contributed by atoms with Crippen LogP contribution < -0.4 is 5.32 Å². The van der Waals surface area contributed by atoms with E-state index >= 15 is 0 Å². The lowest BCUT2D eigenvalue weighted by atomic mass is 9.95. The summed E-state index contributed by atoms with van der Waals surface area (Å²) in [7, 11) is 0. The van der Waals surface area contributed by atoms with Gasteiger partial charge in [-0.2, -0.15) is 0 Å². The number of ether oxygens (including phenoxy) is 1. The van der Waals surface area contributed by atoms with Crippen LogP contribution in [0.5, 0.6) is 0 Å². The molecule has 0 bridgehead atoms. The average molecular weight is 528 g/mol. The molecule has 1 aliphatic rings. The molecule has 194 valence electrons. The van der Waals surface area contributed by atoms with Crippen molar-refractivity contribution in [3.63, 3.8) is 0 Å². The van der Waals surface area contributed by atoms with Gasteiger partial charge in [0.05, 0.1) is 11.1 Å². The number of esters is 1. The van der Waals surface area contributed by atoms with Gasteiger partial charge in [0.2, 0.25) is 0 Å². The van der Waals surface area contributed by atoms with E-state index in [4.69, 9.17) is 21.3 Å². The van der Waals surface area contributed by atoms with Gasteiger partial charge in [0, 0.05) is 53.4 Å². The lowest BCUT2D eigenvalue weighted by Crippen LogP contribution is -2.34. The monoisotopic (exact) mass is 527 g/mol. The number of rotatable bonds is 7. The Hall–Kier alpha value is -3.74. The first-order chi connectivity index (χ1) is 18.4. The van der Waals surface area contributed by atoms with Gasteiger partial charge in [-0.25, -0.2) is 4.79 Å².